The third-order valence-electron chi connectivity index (χ3n) is 9.88. The van der Waals surface area contributed by atoms with Gasteiger partial charge in [0.2, 0.25) is 0 Å². The Hall–Kier alpha value is -4.77. The number of nitrogens with two attached hydrogens (primary N) is 1. The van der Waals surface area contributed by atoms with Gasteiger partial charge in [-0.1, -0.05) is 18.2 Å². The molecule has 0 radical (unpaired) electrons. The molecular formula is C34H37N9O2. The Labute approximate surface area is 261 Å². The van der Waals surface area contributed by atoms with Gasteiger partial charge in [0.05, 0.1) is 29.2 Å². The van der Waals surface area contributed by atoms with Crippen molar-refractivity contribution < 1.29 is 9.53 Å². The second-order valence-corrected chi connectivity index (χ2v) is 12.8. The number of hydrogen-bond acceptors (Lipinski definition) is 8. The highest BCUT2D eigenvalue weighted by molar-refractivity contribution is 5.98. The summed E-state index contributed by atoms with van der Waals surface area (Å²) >= 11 is 0. The largest absolute Gasteiger partial charge is 0.457 e. The number of nitrogens with zero attached hydrogens (tertiary/aromatic N) is 7. The molecule has 11 heteroatoms. The van der Waals surface area contributed by atoms with Crippen molar-refractivity contribution in [3.63, 3.8) is 0 Å². The number of carbonyl (C=O) groups excluding carboxylic acids is 1. The molecule has 0 bridgehead atoms. The number of likely N-dealkylation sites (tertiary alicyclic amines) is 1. The maximum Gasteiger partial charge on any atom is 0.257 e. The third kappa shape index (κ3) is 5.20. The Morgan fingerprint density at radius 3 is 2.56 bits per heavy atom. The molecule has 2 saturated heterocycles. The maximum absolute atomic E-state index is 13.7. The monoisotopic (exact) mass is 603 g/mol. The Kier molecular flexibility index (Phi) is 6.97. The Balaban J connectivity index is 1.01. The van der Waals surface area contributed by atoms with Crippen molar-refractivity contribution >= 4 is 22.8 Å². The van der Waals surface area contributed by atoms with E-state index in [1.165, 1.54) is 19.2 Å². The maximum atomic E-state index is 13.7. The van der Waals surface area contributed by atoms with Crippen LogP contribution in [0.5, 0.6) is 11.5 Å². The van der Waals surface area contributed by atoms with Gasteiger partial charge in [0.1, 0.15) is 29.3 Å². The molecular weight excluding hydrogens is 566 g/mol. The van der Waals surface area contributed by atoms with Gasteiger partial charge in [0.15, 0.2) is 5.65 Å². The van der Waals surface area contributed by atoms with E-state index in [2.05, 4.69) is 20.4 Å². The van der Waals surface area contributed by atoms with Crippen LogP contribution in [0.25, 0.3) is 22.3 Å². The quantitative estimate of drug-likeness (QED) is 0.269. The van der Waals surface area contributed by atoms with E-state index >= 15 is 0 Å². The number of carbonyl (C=O) groups is 1. The van der Waals surface area contributed by atoms with E-state index in [0.29, 0.717) is 52.7 Å². The van der Waals surface area contributed by atoms with Crippen molar-refractivity contribution in [1.82, 2.24) is 39.7 Å². The molecule has 45 heavy (non-hydrogen) atoms. The lowest BCUT2D eigenvalue weighted by molar-refractivity contribution is 0.0230. The van der Waals surface area contributed by atoms with Gasteiger partial charge in [0, 0.05) is 24.8 Å². The van der Waals surface area contributed by atoms with Crippen molar-refractivity contribution in [2.45, 2.75) is 50.6 Å². The number of hydrogen-bond donors (Lipinski definition) is 2. The molecule has 5 aromatic rings. The summed E-state index contributed by atoms with van der Waals surface area (Å²) in [6.45, 7) is 3.44. The molecule has 3 N–H and O–H groups in total. The summed E-state index contributed by atoms with van der Waals surface area (Å²) in [7, 11) is 0. The van der Waals surface area contributed by atoms with E-state index in [9.17, 15) is 4.79 Å². The van der Waals surface area contributed by atoms with Gasteiger partial charge in [-0.3, -0.25) is 9.48 Å². The molecule has 11 nitrogen and oxygen atoms in total. The van der Waals surface area contributed by atoms with Crippen molar-refractivity contribution in [2.75, 3.05) is 31.9 Å². The summed E-state index contributed by atoms with van der Waals surface area (Å²) in [6, 6.07) is 17.8. The topological polar surface area (TPSA) is 129 Å². The average molecular weight is 604 g/mol. The first-order valence-electron chi connectivity index (χ1n) is 15.9. The first kappa shape index (κ1) is 27.8. The van der Waals surface area contributed by atoms with Gasteiger partial charge < -0.3 is 20.7 Å². The van der Waals surface area contributed by atoms with E-state index in [1.807, 2.05) is 75.1 Å². The molecule has 1 aliphatic carbocycles. The van der Waals surface area contributed by atoms with Crippen LogP contribution in [0, 0.1) is 5.41 Å². The van der Waals surface area contributed by atoms with Gasteiger partial charge >= 0.3 is 0 Å². The average Bonchev–Trinajstić information content (AvgIpc) is 3.71. The molecule has 5 heterocycles. The molecule has 1 amide bonds. The zero-order chi connectivity index (χ0) is 30.4. The van der Waals surface area contributed by atoms with E-state index in [-0.39, 0.29) is 11.9 Å². The normalized spacial score (nSPS) is 19.9. The number of rotatable bonds is 6. The van der Waals surface area contributed by atoms with Crippen molar-refractivity contribution in [3.8, 4) is 22.8 Å². The molecule has 3 fully saturated rings. The lowest BCUT2D eigenvalue weighted by atomic mass is 9.60. The summed E-state index contributed by atoms with van der Waals surface area (Å²) in [5.74, 6) is 1.90. The molecule has 3 aliphatic rings. The van der Waals surface area contributed by atoms with Crippen LogP contribution in [-0.4, -0.2) is 66.5 Å². The van der Waals surface area contributed by atoms with Crippen molar-refractivity contribution in [1.29, 1.82) is 0 Å². The minimum Gasteiger partial charge on any atom is -0.457 e. The molecule has 0 unspecified atom stereocenters. The highest BCUT2D eigenvalue weighted by Gasteiger charge is 2.45. The summed E-state index contributed by atoms with van der Waals surface area (Å²) in [5, 5.41) is 13.9. The number of ether oxygens (including phenoxy) is 1. The molecule has 1 saturated carbocycles. The van der Waals surface area contributed by atoms with E-state index < -0.39 is 0 Å². The predicted octanol–water partition coefficient (Wildman–Crippen LogP) is 5.25. The Bertz CT molecular complexity index is 1820. The first-order chi connectivity index (χ1) is 22.1. The number of anilines is 1. The van der Waals surface area contributed by atoms with Gasteiger partial charge in [-0.15, -0.1) is 0 Å². The van der Waals surface area contributed by atoms with Crippen LogP contribution in [0.4, 0.5) is 5.82 Å². The van der Waals surface area contributed by atoms with Crippen molar-refractivity contribution in [3.05, 3.63) is 78.9 Å². The van der Waals surface area contributed by atoms with Crippen LogP contribution < -0.4 is 15.8 Å². The number of fused-ring (bicyclic) bond motifs is 1. The number of amides is 1. The fraction of sp³-hybridized carbons (Fsp3) is 0.382. The van der Waals surface area contributed by atoms with E-state index in [0.717, 1.165) is 55.8 Å². The molecule has 230 valence electrons. The van der Waals surface area contributed by atoms with Crippen LogP contribution in [0.2, 0.25) is 0 Å². The Morgan fingerprint density at radius 1 is 0.978 bits per heavy atom. The molecule has 2 aliphatic heterocycles. The fourth-order valence-electron chi connectivity index (χ4n) is 7.42. The molecule has 2 aromatic carbocycles. The highest BCUT2D eigenvalue weighted by Crippen LogP contribution is 2.53. The third-order valence-corrected chi connectivity index (χ3v) is 9.88. The van der Waals surface area contributed by atoms with Gasteiger partial charge in [0.25, 0.3) is 5.91 Å². The van der Waals surface area contributed by atoms with E-state index in [4.69, 9.17) is 15.6 Å². The number of benzene rings is 2. The number of nitrogens with one attached hydrogen (secondary N) is 1. The fourth-order valence-corrected chi connectivity index (χ4v) is 7.42. The van der Waals surface area contributed by atoms with Gasteiger partial charge in [-0.25, -0.2) is 14.6 Å². The lowest BCUT2D eigenvalue weighted by Crippen LogP contribution is -2.46. The standard InChI is InChI=1S/C34H37N9O2/c35-31-29-30(23-8-10-28(11-9-23)45-27-6-2-1-3-7-27)40-43(32(29)38-22-37-31)25-5-4-16-41(21-25)33(44)24-19-39-42(20-24)26-17-34(18-26)12-14-36-15-13-34/h1-3,6-11,19-20,22,25-26,36H,4-5,12-18,21H2,(H2,35,37,38)/t25-/m1/s1. The summed E-state index contributed by atoms with van der Waals surface area (Å²) < 4.78 is 9.94. The first-order valence-corrected chi connectivity index (χ1v) is 15.9. The minimum absolute atomic E-state index is 0.0154. The molecule has 1 atom stereocenters. The smallest absolute Gasteiger partial charge is 0.257 e. The minimum atomic E-state index is -0.0459. The van der Waals surface area contributed by atoms with Crippen LogP contribution in [0.1, 0.15) is 61.0 Å². The molecule has 1 spiro atoms. The van der Waals surface area contributed by atoms with Crippen LogP contribution in [0.15, 0.2) is 73.3 Å². The molecule has 8 rings (SSSR count). The molecule has 3 aromatic heterocycles. The second kappa shape index (κ2) is 11.3. The summed E-state index contributed by atoms with van der Waals surface area (Å²) in [5.41, 5.74) is 9.79. The number of nitrogen functional groups attached to an aromatic ring is 1. The second-order valence-electron chi connectivity index (χ2n) is 12.8. The SMILES string of the molecule is Nc1ncnc2c1c(-c1ccc(Oc3ccccc3)cc1)nn2[C@@H]1CCCN(C(=O)c2cnn(C3CC4(CCNCC4)C3)c2)C1. The van der Waals surface area contributed by atoms with Crippen LogP contribution in [-0.2, 0) is 0 Å². The van der Waals surface area contributed by atoms with Crippen LogP contribution in [0.3, 0.4) is 0 Å². The Morgan fingerprint density at radius 2 is 1.76 bits per heavy atom. The predicted molar refractivity (Wildman–Crippen MR) is 171 cm³/mol. The summed E-state index contributed by atoms with van der Waals surface area (Å²) in [6.07, 6.45) is 11.7. The van der Waals surface area contributed by atoms with Crippen LogP contribution >= 0.6 is 0 Å². The van der Waals surface area contributed by atoms with Crippen molar-refractivity contribution in [2.24, 2.45) is 5.41 Å². The van der Waals surface area contributed by atoms with Gasteiger partial charge in [-0.05, 0) is 93.4 Å². The number of piperidine rings is 2. The lowest BCUT2D eigenvalue weighted by Gasteiger charge is -2.50. The number of para-hydroxylation sites is 1. The summed E-state index contributed by atoms with van der Waals surface area (Å²) in [4.78, 5) is 24.5. The zero-order valence-corrected chi connectivity index (χ0v) is 25.2. The highest BCUT2D eigenvalue weighted by atomic mass is 16.5. The zero-order valence-electron chi connectivity index (χ0n) is 25.2. The number of aromatic nitrogens is 6. The van der Waals surface area contributed by atoms with Gasteiger partial charge in [-0.2, -0.15) is 10.2 Å². The van der Waals surface area contributed by atoms with E-state index in [1.54, 1.807) is 6.20 Å².